The van der Waals surface area contributed by atoms with Crippen LogP contribution < -0.4 is 0 Å². The van der Waals surface area contributed by atoms with Crippen LogP contribution in [0.4, 0.5) is 0 Å². The van der Waals surface area contributed by atoms with Gasteiger partial charge in [-0.15, -0.1) is 0 Å². The molecule has 0 spiro atoms. The van der Waals surface area contributed by atoms with Gasteiger partial charge < -0.3 is 5.11 Å². The van der Waals surface area contributed by atoms with Crippen LogP contribution in [0.5, 0.6) is 0 Å². The molecule has 92 valence electrons. The smallest absolute Gasteiger partial charge is 0.0970 e. The molecule has 1 aromatic heterocycles. The van der Waals surface area contributed by atoms with Crippen LogP contribution in [0.25, 0.3) is 16.7 Å². The Morgan fingerprint density at radius 2 is 1.83 bits per heavy atom. The molecule has 1 N–H and O–H groups in total. The topological polar surface area (TPSA) is 33.1 Å². The lowest BCUT2D eigenvalue weighted by atomic mass is 10.0. The first-order valence-electron chi connectivity index (χ1n) is 6.13. The van der Waals surface area contributed by atoms with Crippen molar-refractivity contribution in [2.45, 2.75) is 20.3 Å². The van der Waals surface area contributed by atoms with Gasteiger partial charge in [0, 0.05) is 18.2 Å². The number of pyridine rings is 1. The quantitative estimate of drug-likeness (QED) is 0.803. The predicted molar refractivity (Wildman–Crippen MR) is 75.2 cm³/mol. The van der Waals surface area contributed by atoms with Crippen molar-refractivity contribution in [2.75, 3.05) is 0 Å². The molecule has 0 aliphatic heterocycles. The van der Waals surface area contributed by atoms with E-state index in [1.54, 1.807) is 6.20 Å². The molecule has 0 radical (unpaired) electrons. The number of hydrogen-bond acceptors (Lipinski definition) is 2. The van der Waals surface area contributed by atoms with Crippen LogP contribution in [0.15, 0.2) is 54.4 Å². The summed E-state index contributed by atoms with van der Waals surface area (Å²) in [5, 5.41) is 9.78. The van der Waals surface area contributed by atoms with Crippen LogP contribution in [0, 0.1) is 0 Å². The van der Waals surface area contributed by atoms with E-state index in [1.807, 2.05) is 44.2 Å². The highest BCUT2D eigenvalue weighted by Gasteiger charge is 2.05. The first-order chi connectivity index (χ1) is 8.72. The summed E-state index contributed by atoms with van der Waals surface area (Å²) < 4.78 is 0. The van der Waals surface area contributed by atoms with Crippen LogP contribution in [0.1, 0.15) is 26.0 Å². The van der Waals surface area contributed by atoms with E-state index >= 15 is 0 Å². The van der Waals surface area contributed by atoms with Crippen LogP contribution >= 0.6 is 0 Å². The molecule has 0 atom stereocenters. The lowest BCUT2D eigenvalue weighted by Gasteiger charge is -2.07. The molecule has 18 heavy (non-hydrogen) atoms. The zero-order valence-electron chi connectivity index (χ0n) is 10.7. The van der Waals surface area contributed by atoms with Gasteiger partial charge in [0.05, 0.1) is 11.5 Å². The van der Waals surface area contributed by atoms with Crippen molar-refractivity contribution in [3.8, 4) is 11.1 Å². The van der Waals surface area contributed by atoms with Crippen molar-refractivity contribution < 1.29 is 5.11 Å². The summed E-state index contributed by atoms with van der Waals surface area (Å²) in [5.41, 5.74) is 3.94. The van der Waals surface area contributed by atoms with Crippen molar-refractivity contribution in [1.29, 1.82) is 0 Å². The van der Waals surface area contributed by atoms with Gasteiger partial charge in [0.15, 0.2) is 0 Å². The molecular weight excluding hydrogens is 222 g/mol. The standard InChI is InChI=1S/C16H17NO/c1-3-16(18)12(2)15-11-14(9-10-17-15)13-7-5-4-6-8-13/h4-11,18H,3H2,1-2H3/b16-12-. The average Bonchev–Trinajstić information content (AvgIpc) is 2.46. The highest BCUT2D eigenvalue weighted by Crippen LogP contribution is 2.23. The molecule has 0 aliphatic carbocycles. The fraction of sp³-hybridized carbons (Fsp3) is 0.188. The van der Waals surface area contributed by atoms with E-state index in [9.17, 15) is 5.11 Å². The Morgan fingerprint density at radius 3 is 2.50 bits per heavy atom. The van der Waals surface area contributed by atoms with E-state index in [4.69, 9.17) is 0 Å². The van der Waals surface area contributed by atoms with E-state index in [-0.39, 0.29) is 0 Å². The third kappa shape index (κ3) is 2.59. The molecule has 0 unspecified atom stereocenters. The Labute approximate surface area is 108 Å². The third-order valence-electron chi connectivity index (χ3n) is 3.02. The minimum Gasteiger partial charge on any atom is -0.512 e. The van der Waals surface area contributed by atoms with Crippen molar-refractivity contribution in [3.63, 3.8) is 0 Å². The molecule has 0 fully saturated rings. The molecular formula is C16H17NO. The highest BCUT2D eigenvalue weighted by molar-refractivity contribution is 5.70. The Morgan fingerprint density at radius 1 is 1.11 bits per heavy atom. The predicted octanol–water partition coefficient (Wildman–Crippen LogP) is 4.45. The molecule has 0 saturated heterocycles. The maximum absolute atomic E-state index is 9.78. The number of aliphatic hydroxyl groups excluding tert-OH is 1. The second-order valence-corrected chi connectivity index (χ2v) is 4.22. The first kappa shape index (κ1) is 12.4. The van der Waals surface area contributed by atoms with Gasteiger partial charge in [-0.3, -0.25) is 4.98 Å². The zero-order valence-corrected chi connectivity index (χ0v) is 10.7. The van der Waals surface area contributed by atoms with Crippen molar-refractivity contribution >= 4 is 5.57 Å². The molecule has 1 heterocycles. The normalized spacial score (nSPS) is 12.1. The zero-order chi connectivity index (χ0) is 13.0. The second kappa shape index (κ2) is 5.50. The number of aromatic nitrogens is 1. The van der Waals surface area contributed by atoms with Crippen molar-refractivity contribution in [2.24, 2.45) is 0 Å². The maximum Gasteiger partial charge on any atom is 0.0970 e. The van der Waals surface area contributed by atoms with Gasteiger partial charge in [0.2, 0.25) is 0 Å². The third-order valence-corrected chi connectivity index (χ3v) is 3.02. The SMILES string of the molecule is CC/C(O)=C(\C)c1cc(-c2ccccc2)ccn1. The molecule has 0 aliphatic rings. The Balaban J connectivity index is 2.44. The second-order valence-electron chi connectivity index (χ2n) is 4.22. The largest absolute Gasteiger partial charge is 0.512 e. The first-order valence-corrected chi connectivity index (χ1v) is 6.13. The molecule has 2 rings (SSSR count). The fourth-order valence-corrected chi connectivity index (χ4v) is 1.86. The molecule has 2 nitrogen and oxygen atoms in total. The van der Waals surface area contributed by atoms with Crippen LogP contribution in [-0.2, 0) is 0 Å². The van der Waals surface area contributed by atoms with Gasteiger partial charge in [-0.25, -0.2) is 0 Å². The van der Waals surface area contributed by atoms with Crippen molar-refractivity contribution in [3.05, 3.63) is 60.1 Å². The Kier molecular flexibility index (Phi) is 3.78. The van der Waals surface area contributed by atoms with Crippen molar-refractivity contribution in [1.82, 2.24) is 4.98 Å². The molecule has 0 saturated carbocycles. The Bertz CT molecular complexity index is 558. The molecule has 2 aromatic rings. The monoisotopic (exact) mass is 239 g/mol. The van der Waals surface area contributed by atoms with Crippen LogP contribution in [0.3, 0.4) is 0 Å². The summed E-state index contributed by atoms with van der Waals surface area (Å²) in [6, 6.07) is 14.2. The van der Waals surface area contributed by atoms with Gasteiger partial charge in [0.25, 0.3) is 0 Å². The minimum absolute atomic E-state index is 0.396. The molecule has 1 aromatic carbocycles. The van der Waals surface area contributed by atoms with E-state index in [2.05, 4.69) is 17.1 Å². The number of rotatable bonds is 3. The maximum atomic E-state index is 9.78. The lowest BCUT2D eigenvalue weighted by Crippen LogP contribution is -1.91. The summed E-state index contributed by atoms with van der Waals surface area (Å²) in [7, 11) is 0. The number of hydrogen-bond donors (Lipinski definition) is 1. The van der Waals surface area contributed by atoms with E-state index < -0.39 is 0 Å². The molecule has 0 amide bonds. The number of benzene rings is 1. The molecule has 0 bridgehead atoms. The van der Waals surface area contributed by atoms with Gasteiger partial charge in [-0.05, 0) is 30.2 Å². The lowest BCUT2D eigenvalue weighted by molar-refractivity contribution is 0.397. The number of allylic oxidation sites excluding steroid dienone is 2. The highest BCUT2D eigenvalue weighted by atomic mass is 16.3. The minimum atomic E-state index is 0.396. The van der Waals surface area contributed by atoms with Crippen LogP contribution in [-0.4, -0.2) is 10.1 Å². The van der Waals surface area contributed by atoms with E-state index in [1.165, 1.54) is 0 Å². The van der Waals surface area contributed by atoms with E-state index in [0.29, 0.717) is 12.2 Å². The fourth-order valence-electron chi connectivity index (χ4n) is 1.86. The van der Waals surface area contributed by atoms with E-state index in [0.717, 1.165) is 22.4 Å². The van der Waals surface area contributed by atoms with Gasteiger partial charge in [-0.1, -0.05) is 37.3 Å². The summed E-state index contributed by atoms with van der Waals surface area (Å²) in [4.78, 5) is 4.32. The average molecular weight is 239 g/mol. The Hall–Kier alpha value is -2.09. The summed E-state index contributed by atoms with van der Waals surface area (Å²) in [6.45, 7) is 3.83. The number of aliphatic hydroxyl groups is 1. The summed E-state index contributed by atoms with van der Waals surface area (Å²) in [5.74, 6) is 0.396. The van der Waals surface area contributed by atoms with Gasteiger partial charge >= 0.3 is 0 Å². The van der Waals surface area contributed by atoms with Gasteiger partial charge in [-0.2, -0.15) is 0 Å². The molecule has 2 heteroatoms. The van der Waals surface area contributed by atoms with Crippen LogP contribution in [0.2, 0.25) is 0 Å². The summed E-state index contributed by atoms with van der Waals surface area (Å²) >= 11 is 0. The van der Waals surface area contributed by atoms with Gasteiger partial charge in [0.1, 0.15) is 0 Å². The summed E-state index contributed by atoms with van der Waals surface area (Å²) in [6.07, 6.45) is 2.41. The number of nitrogens with zero attached hydrogens (tertiary/aromatic N) is 1.